The zero-order chi connectivity index (χ0) is 20.1. The molecule has 0 bridgehead atoms. The summed E-state index contributed by atoms with van der Waals surface area (Å²) in [6.07, 6.45) is 2.53. The van der Waals surface area contributed by atoms with E-state index in [1.165, 1.54) is 6.07 Å². The maximum absolute atomic E-state index is 13.7. The van der Waals surface area contributed by atoms with Crippen molar-refractivity contribution in [1.29, 1.82) is 0 Å². The highest BCUT2D eigenvalue weighted by Crippen LogP contribution is 2.24. The highest BCUT2D eigenvalue weighted by Gasteiger charge is 2.10. The van der Waals surface area contributed by atoms with Crippen molar-refractivity contribution >= 4 is 46.4 Å². The summed E-state index contributed by atoms with van der Waals surface area (Å²) in [6.45, 7) is 3.42. The molecule has 0 unspecified atom stereocenters. The number of hydrogen-bond donors (Lipinski definition) is 2. The van der Waals surface area contributed by atoms with Gasteiger partial charge in [0.2, 0.25) is 0 Å². The second kappa shape index (κ2) is 9.36. The first-order chi connectivity index (χ1) is 13.4. The van der Waals surface area contributed by atoms with E-state index in [2.05, 4.69) is 20.8 Å². The van der Waals surface area contributed by atoms with E-state index in [0.29, 0.717) is 52.0 Å². The molecular formula is C18H19Cl2FN6S. The molecule has 0 fully saturated rings. The molecule has 2 aromatic heterocycles. The van der Waals surface area contributed by atoms with Gasteiger partial charge in [-0.05, 0) is 31.6 Å². The third-order valence-corrected chi connectivity index (χ3v) is 5.18. The van der Waals surface area contributed by atoms with E-state index in [0.717, 1.165) is 6.42 Å². The predicted octanol–water partition coefficient (Wildman–Crippen LogP) is 4.26. The van der Waals surface area contributed by atoms with Crippen LogP contribution >= 0.6 is 35.4 Å². The number of anilines is 1. The van der Waals surface area contributed by atoms with E-state index in [1.54, 1.807) is 39.8 Å². The molecular weight excluding hydrogens is 422 g/mol. The number of aryl methyl sites for hydroxylation is 2. The van der Waals surface area contributed by atoms with Crippen LogP contribution in [0.15, 0.2) is 36.5 Å². The van der Waals surface area contributed by atoms with Crippen LogP contribution in [-0.4, -0.2) is 31.2 Å². The van der Waals surface area contributed by atoms with Crippen LogP contribution in [0.2, 0.25) is 10.2 Å². The Morgan fingerprint density at radius 2 is 2.00 bits per heavy atom. The molecule has 0 radical (unpaired) electrons. The van der Waals surface area contributed by atoms with E-state index >= 15 is 0 Å². The molecule has 0 aliphatic rings. The Morgan fingerprint density at radius 3 is 2.71 bits per heavy atom. The van der Waals surface area contributed by atoms with Gasteiger partial charge in [0.25, 0.3) is 0 Å². The van der Waals surface area contributed by atoms with Gasteiger partial charge >= 0.3 is 0 Å². The summed E-state index contributed by atoms with van der Waals surface area (Å²) >= 11 is 17.4. The molecule has 0 saturated heterocycles. The molecule has 6 nitrogen and oxygen atoms in total. The second-order valence-electron chi connectivity index (χ2n) is 6.14. The third-order valence-electron chi connectivity index (χ3n) is 4.00. The van der Waals surface area contributed by atoms with Crippen LogP contribution in [0.5, 0.6) is 0 Å². The number of thiocarbonyl (C=S) groups is 1. The summed E-state index contributed by atoms with van der Waals surface area (Å²) in [7, 11) is 0. The van der Waals surface area contributed by atoms with Gasteiger partial charge in [0.05, 0.1) is 12.2 Å². The molecule has 2 heterocycles. The Labute approximate surface area is 177 Å². The first-order valence-electron chi connectivity index (χ1n) is 8.64. The molecule has 1 aromatic carbocycles. The molecule has 3 aromatic rings. The Balaban J connectivity index is 1.43. The van der Waals surface area contributed by atoms with Crippen LogP contribution < -0.4 is 10.6 Å². The van der Waals surface area contributed by atoms with E-state index < -0.39 is 0 Å². The van der Waals surface area contributed by atoms with Gasteiger partial charge in [-0.3, -0.25) is 9.36 Å². The average Bonchev–Trinajstić information content (AvgIpc) is 3.20. The normalized spacial score (nSPS) is 10.9. The summed E-state index contributed by atoms with van der Waals surface area (Å²) in [4.78, 5) is 0. The SMILES string of the molecule is Cc1nn(CCCNC(=S)Nc2ccn(Cc3ccccc3F)n2)c(Cl)c1Cl. The third kappa shape index (κ3) is 5.21. The zero-order valence-electron chi connectivity index (χ0n) is 15.1. The van der Waals surface area contributed by atoms with Crippen molar-refractivity contribution in [3.63, 3.8) is 0 Å². The molecule has 148 valence electrons. The van der Waals surface area contributed by atoms with Crippen molar-refractivity contribution in [2.75, 3.05) is 11.9 Å². The van der Waals surface area contributed by atoms with E-state index in [1.807, 2.05) is 6.92 Å². The zero-order valence-corrected chi connectivity index (χ0v) is 17.5. The fraction of sp³-hybridized carbons (Fsp3) is 0.278. The van der Waals surface area contributed by atoms with Gasteiger partial charge in [0.1, 0.15) is 16.0 Å². The largest absolute Gasteiger partial charge is 0.362 e. The molecule has 0 saturated carbocycles. The van der Waals surface area contributed by atoms with Gasteiger partial charge in [0, 0.05) is 30.9 Å². The summed E-state index contributed by atoms with van der Waals surface area (Å²) in [6, 6.07) is 8.41. The maximum Gasteiger partial charge on any atom is 0.171 e. The maximum atomic E-state index is 13.7. The van der Waals surface area contributed by atoms with Crippen molar-refractivity contribution < 1.29 is 4.39 Å². The fourth-order valence-electron chi connectivity index (χ4n) is 2.59. The lowest BCUT2D eigenvalue weighted by atomic mass is 10.2. The molecule has 0 aliphatic carbocycles. The number of halogens is 3. The number of benzene rings is 1. The van der Waals surface area contributed by atoms with E-state index in [9.17, 15) is 4.39 Å². The van der Waals surface area contributed by atoms with Crippen molar-refractivity contribution in [3.8, 4) is 0 Å². The molecule has 0 spiro atoms. The van der Waals surface area contributed by atoms with Crippen LogP contribution in [0.3, 0.4) is 0 Å². The van der Waals surface area contributed by atoms with Crippen LogP contribution in [0, 0.1) is 12.7 Å². The minimum absolute atomic E-state index is 0.251. The van der Waals surface area contributed by atoms with Crippen molar-refractivity contribution in [1.82, 2.24) is 24.9 Å². The number of aromatic nitrogens is 4. The summed E-state index contributed by atoms with van der Waals surface area (Å²) in [5.74, 6) is 0.338. The van der Waals surface area contributed by atoms with Gasteiger partial charge in [0.15, 0.2) is 10.9 Å². The standard InChI is InChI=1S/C18H19Cl2FN6S/c1-12-16(19)17(20)27(24-12)9-4-8-22-18(28)23-15-7-10-26(25-15)11-13-5-2-3-6-14(13)21/h2-3,5-7,10H,4,8-9,11H2,1H3,(H2,22,23,25,28). The summed E-state index contributed by atoms with van der Waals surface area (Å²) in [5, 5.41) is 16.1. The Bertz CT molecular complexity index is 971. The van der Waals surface area contributed by atoms with Crippen LogP contribution in [0.25, 0.3) is 0 Å². The monoisotopic (exact) mass is 440 g/mol. The summed E-state index contributed by atoms with van der Waals surface area (Å²) in [5.41, 5.74) is 1.29. The Kier molecular flexibility index (Phi) is 6.88. The number of rotatable bonds is 7. The minimum Gasteiger partial charge on any atom is -0.362 e. The molecule has 10 heteroatoms. The lowest BCUT2D eigenvalue weighted by molar-refractivity contribution is 0.571. The molecule has 0 amide bonds. The van der Waals surface area contributed by atoms with Crippen molar-refractivity contribution in [2.45, 2.75) is 26.4 Å². The smallest absolute Gasteiger partial charge is 0.171 e. The van der Waals surface area contributed by atoms with E-state index in [-0.39, 0.29) is 5.82 Å². The van der Waals surface area contributed by atoms with Crippen molar-refractivity contribution in [3.05, 3.63) is 63.8 Å². The van der Waals surface area contributed by atoms with Crippen LogP contribution in [0.1, 0.15) is 17.7 Å². The van der Waals surface area contributed by atoms with Gasteiger partial charge in [-0.2, -0.15) is 10.2 Å². The molecule has 0 atom stereocenters. The summed E-state index contributed by atoms with van der Waals surface area (Å²) < 4.78 is 17.0. The van der Waals surface area contributed by atoms with Gasteiger partial charge in [-0.1, -0.05) is 41.4 Å². The lowest BCUT2D eigenvalue weighted by Crippen LogP contribution is -2.30. The van der Waals surface area contributed by atoms with Gasteiger partial charge in [-0.15, -0.1) is 0 Å². The first kappa shape index (κ1) is 20.6. The number of hydrogen-bond acceptors (Lipinski definition) is 3. The molecule has 28 heavy (non-hydrogen) atoms. The fourth-order valence-corrected chi connectivity index (χ4v) is 3.19. The van der Waals surface area contributed by atoms with E-state index in [4.69, 9.17) is 35.4 Å². The van der Waals surface area contributed by atoms with Crippen LogP contribution in [0.4, 0.5) is 10.2 Å². The molecule has 2 N–H and O–H groups in total. The highest BCUT2D eigenvalue weighted by molar-refractivity contribution is 7.80. The first-order valence-corrected chi connectivity index (χ1v) is 9.80. The Hall–Kier alpha value is -2.16. The van der Waals surface area contributed by atoms with Gasteiger partial charge in [-0.25, -0.2) is 4.39 Å². The van der Waals surface area contributed by atoms with Gasteiger partial charge < -0.3 is 10.6 Å². The van der Waals surface area contributed by atoms with Crippen molar-refractivity contribution in [2.24, 2.45) is 0 Å². The quantitative estimate of drug-likeness (QED) is 0.424. The minimum atomic E-state index is -0.251. The number of nitrogens with zero attached hydrogens (tertiary/aromatic N) is 4. The highest BCUT2D eigenvalue weighted by atomic mass is 35.5. The molecule has 3 rings (SSSR count). The second-order valence-corrected chi connectivity index (χ2v) is 7.28. The lowest BCUT2D eigenvalue weighted by Gasteiger charge is -2.09. The predicted molar refractivity (Wildman–Crippen MR) is 114 cm³/mol. The number of nitrogens with one attached hydrogen (secondary N) is 2. The topological polar surface area (TPSA) is 59.7 Å². The average molecular weight is 441 g/mol. The molecule has 0 aliphatic heterocycles. The van der Waals surface area contributed by atoms with Crippen LogP contribution in [-0.2, 0) is 13.1 Å². The Morgan fingerprint density at radius 1 is 1.21 bits per heavy atom.